The van der Waals surface area contributed by atoms with E-state index in [0.29, 0.717) is 0 Å². The van der Waals surface area contributed by atoms with E-state index in [-0.39, 0.29) is 5.41 Å². The molecule has 0 unspecified atom stereocenters. The van der Waals surface area contributed by atoms with Crippen molar-refractivity contribution in [1.82, 2.24) is 0 Å². The fourth-order valence-corrected chi connectivity index (χ4v) is 15.2. The van der Waals surface area contributed by atoms with Gasteiger partial charge in [0, 0.05) is 39.2 Å². The first kappa shape index (κ1) is 39.1. The molecule has 306 valence electrons. The molecule has 0 aliphatic heterocycles. The van der Waals surface area contributed by atoms with Gasteiger partial charge in [-0.15, -0.1) is 0 Å². The van der Waals surface area contributed by atoms with Crippen LogP contribution in [0.4, 0.5) is 34.1 Å². The van der Waals surface area contributed by atoms with Gasteiger partial charge in [0.2, 0.25) is 0 Å². The number of hydrogen-bond donors (Lipinski definition) is 0. The molecule has 1 aliphatic carbocycles. The number of hydrogen-bond acceptors (Lipinski definition) is 2. The summed E-state index contributed by atoms with van der Waals surface area (Å²) >= 11 is 0. The second kappa shape index (κ2) is 16.2. The summed E-state index contributed by atoms with van der Waals surface area (Å²) in [7, 11) is -3.05. The fourth-order valence-electron chi connectivity index (χ4n) is 10.4. The van der Waals surface area contributed by atoms with Gasteiger partial charge < -0.3 is 9.80 Å². The molecule has 0 saturated carbocycles. The van der Waals surface area contributed by atoms with Crippen LogP contribution in [-0.2, 0) is 5.41 Å². The zero-order chi connectivity index (χ0) is 43.1. The summed E-state index contributed by atoms with van der Waals surface area (Å²) in [5.74, 6) is 0. The third-order valence-electron chi connectivity index (χ3n) is 13.3. The molecule has 2 nitrogen and oxygen atoms in total. The van der Waals surface area contributed by atoms with Gasteiger partial charge in [0.1, 0.15) is 0 Å². The molecule has 0 spiro atoms. The third kappa shape index (κ3) is 6.56. The van der Waals surface area contributed by atoms with Crippen LogP contribution in [0.2, 0.25) is 0 Å². The first-order valence-electron chi connectivity index (χ1n) is 22.3. The molecular weight excluding hydrogens is 789 g/mol. The van der Waals surface area contributed by atoms with Crippen molar-refractivity contribution in [2.45, 2.75) is 19.3 Å². The molecule has 64 heavy (non-hydrogen) atoms. The second-order valence-electron chi connectivity index (χ2n) is 17.3. The van der Waals surface area contributed by atoms with Gasteiger partial charge in [-0.25, -0.2) is 0 Å². The Morgan fingerprint density at radius 2 is 0.750 bits per heavy atom. The van der Waals surface area contributed by atoms with Crippen molar-refractivity contribution in [3.8, 4) is 11.1 Å². The summed E-state index contributed by atoms with van der Waals surface area (Å²) in [4.78, 5) is 4.88. The molecule has 0 aromatic heterocycles. The number of nitrogens with zero attached hydrogens (tertiary/aromatic N) is 2. The highest BCUT2D eigenvalue weighted by Gasteiger charge is 2.42. The predicted molar refractivity (Wildman–Crippen MR) is 274 cm³/mol. The van der Waals surface area contributed by atoms with Gasteiger partial charge in [0.05, 0.1) is 5.69 Å². The Labute approximate surface area is 378 Å². The van der Waals surface area contributed by atoms with Crippen LogP contribution < -0.4 is 30.5 Å². The Balaban J connectivity index is 1.14. The topological polar surface area (TPSA) is 6.48 Å². The highest BCUT2D eigenvalue weighted by molar-refractivity contribution is 7.20. The van der Waals surface area contributed by atoms with E-state index in [9.17, 15) is 0 Å². The minimum atomic E-state index is -3.05. The van der Waals surface area contributed by atoms with E-state index < -0.39 is 8.07 Å². The van der Waals surface area contributed by atoms with E-state index in [4.69, 9.17) is 0 Å². The summed E-state index contributed by atoms with van der Waals surface area (Å²) < 4.78 is 0. The maximum Gasteiger partial charge on any atom is 0.179 e. The van der Waals surface area contributed by atoms with Gasteiger partial charge in [-0.05, 0) is 115 Å². The molecule has 0 fully saturated rings. The summed E-state index contributed by atoms with van der Waals surface area (Å²) in [5, 5.41) is 7.70. The normalized spacial score (nSPS) is 12.7. The molecule has 0 heterocycles. The zero-order valence-electron chi connectivity index (χ0n) is 36.1. The molecule has 0 atom stereocenters. The van der Waals surface area contributed by atoms with Crippen molar-refractivity contribution in [2.24, 2.45) is 0 Å². The molecule has 0 bridgehead atoms. The Morgan fingerprint density at radius 3 is 1.39 bits per heavy atom. The van der Waals surface area contributed by atoms with Gasteiger partial charge in [0.15, 0.2) is 8.07 Å². The molecular formula is C61H48N2Si. The lowest BCUT2D eigenvalue weighted by molar-refractivity contribution is 0.660. The van der Waals surface area contributed by atoms with E-state index in [2.05, 4.69) is 278 Å². The van der Waals surface area contributed by atoms with Gasteiger partial charge in [-0.1, -0.05) is 202 Å². The van der Waals surface area contributed by atoms with Crippen molar-refractivity contribution < 1.29 is 0 Å². The smallest absolute Gasteiger partial charge is 0.179 e. The summed E-state index contributed by atoms with van der Waals surface area (Å²) in [6.45, 7) is 4.73. The lowest BCUT2D eigenvalue weighted by Crippen LogP contribution is -2.74. The van der Waals surface area contributed by atoms with Gasteiger partial charge in [0.25, 0.3) is 0 Å². The van der Waals surface area contributed by atoms with Crippen molar-refractivity contribution in [3.05, 3.63) is 266 Å². The molecule has 0 saturated heterocycles. The number of para-hydroxylation sites is 2. The average molecular weight is 837 g/mol. The monoisotopic (exact) mass is 836 g/mol. The van der Waals surface area contributed by atoms with Crippen LogP contribution >= 0.6 is 0 Å². The Hall–Kier alpha value is -7.72. The first-order valence-corrected chi connectivity index (χ1v) is 24.3. The molecule has 10 aromatic carbocycles. The minimum absolute atomic E-state index is 0.125. The van der Waals surface area contributed by atoms with Crippen molar-refractivity contribution >= 4 is 73.7 Å². The molecule has 0 N–H and O–H groups in total. The maximum absolute atomic E-state index is 3.05. The van der Waals surface area contributed by atoms with E-state index in [1.165, 1.54) is 53.8 Å². The van der Waals surface area contributed by atoms with Crippen molar-refractivity contribution in [1.29, 1.82) is 0 Å². The van der Waals surface area contributed by atoms with Crippen molar-refractivity contribution in [3.63, 3.8) is 0 Å². The average Bonchev–Trinajstić information content (AvgIpc) is 3.59. The fraction of sp³-hybridized carbons (Fsp3) is 0.0492. The zero-order valence-corrected chi connectivity index (χ0v) is 37.1. The van der Waals surface area contributed by atoms with E-state index in [1.807, 2.05) is 0 Å². The largest absolute Gasteiger partial charge is 0.310 e. The van der Waals surface area contributed by atoms with Gasteiger partial charge >= 0.3 is 0 Å². The van der Waals surface area contributed by atoms with Crippen LogP contribution in [0, 0.1) is 0 Å². The Kier molecular flexibility index (Phi) is 9.91. The quantitative estimate of drug-likeness (QED) is 0.100. The molecule has 1 aliphatic rings. The summed E-state index contributed by atoms with van der Waals surface area (Å²) in [6, 6.07) is 94.3. The SMILES string of the molecule is CC1(C)c2ccccc2-c2ccc(N(c3ccccc3)c3cccc([Si](c4ccccc4)(c4ccccc4)c4cccc(N(c5ccccc5)c5cccc6ccccc56)c4)c3)cc21. The molecule has 0 amide bonds. The highest BCUT2D eigenvalue weighted by atomic mass is 28.3. The van der Waals surface area contributed by atoms with Crippen LogP contribution in [0.15, 0.2) is 255 Å². The van der Waals surface area contributed by atoms with Crippen LogP contribution in [0.1, 0.15) is 25.0 Å². The summed E-state index contributed by atoms with van der Waals surface area (Å²) in [5.41, 5.74) is 12.0. The molecule has 0 radical (unpaired) electrons. The number of anilines is 6. The van der Waals surface area contributed by atoms with E-state index in [1.54, 1.807) is 0 Å². The second-order valence-corrected chi connectivity index (χ2v) is 21.1. The maximum atomic E-state index is 2.48. The number of benzene rings is 10. The predicted octanol–water partition coefficient (Wildman–Crippen LogP) is 13.5. The molecule has 10 aromatic rings. The number of rotatable bonds is 10. The number of fused-ring (bicyclic) bond motifs is 4. The van der Waals surface area contributed by atoms with E-state index in [0.717, 1.165) is 34.1 Å². The summed E-state index contributed by atoms with van der Waals surface area (Å²) in [6.07, 6.45) is 0. The van der Waals surface area contributed by atoms with Gasteiger partial charge in [-0.3, -0.25) is 0 Å². The molecule has 11 rings (SSSR count). The highest BCUT2D eigenvalue weighted by Crippen LogP contribution is 2.50. The lowest BCUT2D eigenvalue weighted by Gasteiger charge is -2.36. The molecule has 3 heteroatoms. The lowest BCUT2D eigenvalue weighted by atomic mass is 9.82. The van der Waals surface area contributed by atoms with Crippen LogP contribution in [0.25, 0.3) is 21.9 Å². The van der Waals surface area contributed by atoms with Crippen LogP contribution in [0.3, 0.4) is 0 Å². The van der Waals surface area contributed by atoms with Crippen molar-refractivity contribution in [2.75, 3.05) is 9.80 Å². The van der Waals surface area contributed by atoms with Gasteiger partial charge in [-0.2, -0.15) is 0 Å². The Bertz CT molecular complexity index is 3210. The minimum Gasteiger partial charge on any atom is -0.310 e. The standard InChI is InChI=1S/C61H48N2Si/c1-61(2)58-38-18-17-37-56(58)57-41-40-50(44-59(57)61)62(46-24-7-3-8-25-46)48-28-20-34-53(42-48)64(51-30-11-5-12-31-51,52-32-13-6-14-33-52)54-35-21-29-49(43-54)63(47-26-9-4-10-27-47)60-39-19-23-45-22-15-16-36-55(45)60/h3-44H,1-2H3. The first-order chi connectivity index (χ1) is 31.5. The van der Waals surface area contributed by atoms with E-state index >= 15 is 0 Å². The van der Waals surface area contributed by atoms with Crippen LogP contribution in [-0.4, -0.2) is 8.07 Å². The van der Waals surface area contributed by atoms with Crippen LogP contribution in [0.5, 0.6) is 0 Å². The Morgan fingerprint density at radius 1 is 0.312 bits per heavy atom. The third-order valence-corrected chi connectivity index (χ3v) is 18.1.